The van der Waals surface area contributed by atoms with E-state index in [1.54, 1.807) is 6.26 Å². The van der Waals surface area contributed by atoms with Gasteiger partial charge in [-0.25, -0.2) is 0 Å². The van der Waals surface area contributed by atoms with Gasteiger partial charge < -0.3 is 14.5 Å². The Balaban J connectivity index is 1.98. The van der Waals surface area contributed by atoms with Gasteiger partial charge in [-0.3, -0.25) is 0 Å². The Morgan fingerprint density at radius 2 is 2.16 bits per heavy atom. The van der Waals surface area contributed by atoms with E-state index < -0.39 is 0 Å². The molecule has 4 heteroatoms. The highest BCUT2D eigenvalue weighted by Gasteiger charge is 2.07. The molecule has 2 rings (SSSR count). The smallest absolute Gasteiger partial charge is 0.124 e. The van der Waals surface area contributed by atoms with E-state index in [1.165, 1.54) is 0 Å². The molecule has 0 aliphatic carbocycles. The van der Waals surface area contributed by atoms with Crippen LogP contribution in [0.3, 0.4) is 0 Å². The Hall–Kier alpha value is -1.45. The quantitative estimate of drug-likeness (QED) is 0.870. The van der Waals surface area contributed by atoms with E-state index in [9.17, 15) is 0 Å². The summed E-state index contributed by atoms with van der Waals surface area (Å²) >= 11 is 5.98. The second-order valence-electron chi connectivity index (χ2n) is 4.35. The summed E-state index contributed by atoms with van der Waals surface area (Å²) in [6, 6.07) is 7.60. The lowest BCUT2D eigenvalue weighted by Gasteiger charge is -2.08. The monoisotopic (exact) mass is 279 g/mol. The maximum Gasteiger partial charge on any atom is 0.124 e. The molecule has 0 unspecified atom stereocenters. The van der Waals surface area contributed by atoms with Crippen LogP contribution in [0.4, 0.5) is 0 Å². The average molecular weight is 280 g/mol. The lowest BCUT2D eigenvalue weighted by Crippen LogP contribution is -2.12. The maximum atomic E-state index is 5.98. The Morgan fingerprint density at radius 1 is 1.32 bits per heavy atom. The van der Waals surface area contributed by atoms with Crippen molar-refractivity contribution in [3.63, 3.8) is 0 Å². The number of nitrogens with one attached hydrogen (secondary N) is 1. The predicted octanol–water partition coefficient (Wildman–Crippen LogP) is 3.93. The summed E-state index contributed by atoms with van der Waals surface area (Å²) in [5, 5.41) is 3.99. The second kappa shape index (κ2) is 6.64. The van der Waals surface area contributed by atoms with Crippen molar-refractivity contribution in [3.05, 3.63) is 52.4 Å². The molecule has 0 saturated carbocycles. The molecule has 0 fully saturated rings. The second-order valence-corrected chi connectivity index (χ2v) is 4.76. The fourth-order valence-electron chi connectivity index (χ4n) is 1.76. The van der Waals surface area contributed by atoms with Crippen LogP contribution < -0.4 is 10.1 Å². The van der Waals surface area contributed by atoms with E-state index in [1.807, 2.05) is 31.2 Å². The molecule has 0 amide bonds. The van der Waals surface area contributed by atoms with Gasteiger partial charge >= 0.3 is 0 Å². The Kier molecular flexibility index (Phi) is 4.88. The van der Waals surface area contributed by atoms with Crippen LogP contribution in [0.2, 0.25) is 5.02 Å². The number of hydrogen-bond acceptors (Lipinski definition) is 3. The Bertz CT molecular complexity index is 537. The van der Waals surface area contributed by atoms with Crippen LogP contribution in [0.5, 0.6) is 5.75 Å². The zero-order valence-electron chi connectivity index (χ0n) is 11.2. The molecular weight excluding hydrogens is 262 g/mol. The van der Waals surface area contributed by atoms with Gasteiger partial charge in [0, 0.05) is 10.6 Å². The summed E-state index contributed by atoms with van der Waals surface area (Å²) in [5.74, 6) is 1.74. The largest absolute Gasteiger partial charge is 0.489 e. The lowest BCUT2D eigenvalue weighted by atomic mass is 10.2. The van der Waals surface area contributed by atoms with E-state index in [4.69, 9.17) is 20.8 Å². The first-order valence-corrected chi connectivity index (χ1v) is 6.73. The number of hydrogen-bond donors (Lipinski definition) is 1. The van der Waals surface area contributed by atoms with Crippen molar-refractivity contribution in [2.75, 3.05) is 6.54 Å². The molecule has 19 heavy (non-hydrogen) atoms. The van der Waals surface area contributed by atoms with Crippen LogP contribution in [0, 0.1) is 6.92 Å². The van der Waals surface area contributed by atoms with Crippen LogP contribution in [0.1, 0.15) is 23.8 Å². The average Bonchev–Trinajstić information content (AvgIpc) is 2.85. The third-order valence-electron chi connectivity index (χ3n) is 2.90. The van der Waals surface area contributed by atoms with E-state index in [2.05, 4.69) is 12.2 Å². The number of rotatable bonds is 6. The SMILES string of the molecule is CCNCc1occc1COc1ccc(Cl)c(C)c1. The van der Waals surface area contributed by atoms with Crippen molar-refractivity contribution in [3.8, 4) is 5.75 Å². The first-order chi connectivity index (χ1) is 9.20. The molecule has 0 bridgehead atoms. The molecule has 0 atom stereocenters. The standard InChI is InChI=1S/C15H18ClNO2/c1-3-17-9-15-12(6-7-18-15)10-19-13-4-5-14(16)11(2)8-13/h4-8,17H,3,9-10H2,1-2H3. The molecule has 1 N–H and O–H groups in total. The van der Waals surface area contributed by atoms with Gasteiger partial charge in [0.05, 0.1) is 12.8 Å². The first kappa shape index (κ1) is 14.0. The molecule has 1 heterocycles. The van der Waals surface area contributed by atoms with E-state index in [-0.39, 0.29) is 0 Å². The molecule has 1 aromatic heterocycles. The van der Waals surface area contributed by atoms with Gasteiger partial charge in [-0.2, -0.15) is 0 Å². The molecule has 102 valence electrons. The summed E-state index contributed by atoms with van der Waals surface area (Å²) in [6.45, 7) is 6.16. The van der Waals surface area contributed by atoms with Crippen LogP contribution in [0.15, 0.2) is 34.9 Å². The number of benzene rings is 1. The number of furan rings is 1. The lowest BCUT2D eigenvalue weighted by molar-refractivity contribution is 0.301. The number of halogens is 1. The number of ether oxygens (including phenoxy) is 1. The molecule has 3 nitrogen and oxygen atoms in total. The van der Waals surface area contributed by atoms with E-state index >= 15 is 0 Å². The number of aryl methyl sites for hydroxylation is 1. The summed E-state index contributed by atoms with van der Waals surface area (Å²) in [5.41, 5.74) is 2.08. The molecule has 0 spiro atoms. The zero-order valence-corrected chi connectivity index (χ0v) is 12.0. The van der Waals surface area contributed by atoms with Crippen molar-refractivity contribution >= 4 is 11.6 Å². The third kappa shape index (κ3) is 3.75. The molecule has 2 aromatic rings. The summed E-state index contributed by atoms with van der Waals surface area (Å²) in [4.78, 5) is 0. The highest BCUT2D eigenvalue weighted by atomic mass is 35.5. The van der Waals surface area contributed by atoms with Crippen LogP contribution in [0.25, 0.3) is 0 Å². The van der Waals surface area contributed by atoms with Gasteiger partial charge in [0.15, 0.2) is 0 Å². The third-order valence-corrected chi connectivity index (χ3v) is 3.32. The summed E-state index contributed by atoms with van der Waals surface area (Å²) in [7, 11) is 0. The minimum absolute atomic E-state index is 0.498. The Labute approximate surface area is 118 Å². The fraction of sp³-hybridized carbons (Fsp3) is 0.333. The highest BCUT2D eigenvalue weighted by molar-refractivity contribution is 6.31. The normalized spacial score (nSPS) is 10.7. The molecule has 0 aliphatic rings. The molecule has 1 aromatic carbocycles. The molecule has 0 saturated heterocycles. The molecule has 0 radical (unpaired) electrons. The summed E-state index contributed by atoms with van der Waals surface area (Å²) in [6.07, 6.45) is 1.69. The van der Waals surface area contributed by atoms with Gasteiger partial charge in [-0.05, 0) is 43.3 Å². The van der Waals surface area contributed by atoms with E-state index in [0.29, 0.717) is 6.61 Å². The minimum atomic E-state index is 0.498. The van der Waals surface area contributed by atoms with Gasteiger partial charge in [0.25, 0.3) is 0 Å². The van der Waals surface area contributed by atoms with Gasteiger partial charge in [-0.1, -0.05) is 18.5 Å². The van der Waals surface area contributed by atoms with E-state index in [0.717, 1.165) is 40.7 Å². The van der Waals surface area contributed by atoms with Crippen molar-refractivity contribution < 1.29 is 9.15 Å². The summed E-state index contributed by atoms with van der Waals surface area (Å²) < 4.78 is 11.2. The molecular formula is C15H18ClNO2. The van der Waals surface area contributed by atoms with Gasteiger partial charge in [0.1, 0.15) is 18.1 Å². The van der Waals surface area contributed by atoms with Crippen LogP contribution >= 0.6 is 11.6 Å². The zero-order chi connectivity index (χ0) is 13.7. The minimum Gasteiger partial charge on any atom is -0.489 e. The fourth-order valence-corrected chi connectivity index (χ4v) is 1.87. The van der Waals surface area contributed by atoms with Crippen LogP contribution in [-0.4, -0.2) is 6.54 Å². The maximum absolute atomic E-state index is 5.98. The van der Waals surface area contributed by atoms with Crippen LogP contribution in [-0.2, 0) is 13.2 Å². The Morgan fingerprint density at radius 3 is 2.89 bits per heavy atom. The van der Waals surface area contributed by atoms with Gasteiger partial charge in [0.2, 0.25) is 0 Å². The van der Waals surface area contributed by atoms with Crippen molar-refractivity contribution in [1.29, 1.82) is 0 Å². The van der Waals surface area contributed by atoms with Crippen molar-refractivity contribution in [2.45, 2.75) is 27.0 Å². The predicted molar refractivity (Wildman–Crippen MR) is 76.6 cm³/mol. The molecule has 0 aliphatic heterocycles. The topological polar surface area (TPSA) is 34.4 Å². The van der Waals surface area contributed by atoms with Crippen molar-refractivity contribution in [1.82, 2.24) is 5.32 Å². The van der Waals surface area contributed by atoms with Crippen molar-refractivity contribution in [2.24, 2.45) is 0 Å². The van der Waals surface area contributed by atoms with Gasteiger partial charge in [-0.15, -0.1) is 0 Å². The highest BCUT2D eigenvalue weighted by Crippen LogP contribution is 2.22. The first-order valence-electron chi connectivity index (χ1n) is 6.35.